The van der Waals surface area contributed by atoms with Gasteiger partial charge in [0, 0.05) is 29.0 Å². The summed E-state index contributed by atoms with van der Waals surface area (Å²) in [7, 11) is 1.53. The number of aryl methyl sites for hydroxylation is 1. The molecule has 0 aliphatic carbocycles. The summed E-state index contributed by atoms with van der Waals surface area (Å²) >= 11 is 0. The Kier molecular flexibility index (Phi) is 4.06. The molecule has 0 unspecified atom stereocenters. The van der Waals surface area contributed by atoms with Gasteiger partial charge in [0.15, 0.2) is 0 Å². The van der Waals surface area contributed by atoms with E-state index in [2.05, 4.69) is 62.2 Å². The Bertz CT molecular complexity index is 521. The smallest absolute Gasteiger partial charge is 0.0488 e. The van der Waals surface area contributed by atoms with Crippen LogP contribution >= 0.6 is 10.0 Å². The van der Waals surface area contributed by atoms with E-state index >= 15 is 0 Å². The molecular weight excluding hydrogens is 238 g/mol. The lowest BCUT2D eigenvalue weighted by Gasteiger charge is -2.35. The van der Waals surface area contributed by atoms with Gasteiger partial charge in [-0.05, 0) is 36.7 Å². The predicted molar refractivity (Wildman–Crippen MR) is 85.0 cm³/mol. The van der Waals surface area contributed by atoms with Crippen LogP contribution in [-0.2, 0) is 7.05 Å². The summed E-state index contributed by atoms with van der Waals surface area (Å²) in [5.74, 6) is 2.71. The molecule has 0 aliphatic rings. The second-order valence-electron chi connectivity index (χ2n) is 5.30. The van der Waals surface area contributed by atoms with E-state index in [0.717, 1.165) is 0 Å². The van der Waals surface area contributed by atoms with Crippen molar-refractivity contribution in [3.05, 3.63) is 30.5 Å². The van der Waals surface area contributed by atoms with Crippen LogP contribution in [0.1, 0.15) is 26.7 Å². The van der Waals surface area contributed by atoms with Gasteiger partial charge in [-0.15, -0.1) is 0 Å². The minimum atomic E-state index is -0.644. The molecule has 2 heteroatoms. The van der Waals surface area contributed by atoms with Crippen LogP contribution in [0, 0.1) is 0 Å². The first-order valence-corrected chi connectivity index (χ1v) is 9.28. The number of hydrogen-bond acceptors (Lipinski definition) is 0. The van der Waals surface area contributed by atoms with Crippen LogP contribution in [0.15, 0.2) is 35.4 Å². The van der Waals surface area contributed by atoms with E-state index in [4.69, 9.17) is 0 Å². The maximum Gasteiger partial charge on any atom is 0.0488 e. The van der Waals surface area contributed by atoms with Gasteiger partial charge < -0.3 is 4.57 Å². The van der Waals surface area contributed by atoms with Crippen LogP contribution < -0.4 is 0 Å². The van der Waals surface area contributed by atoms with E-state index in [-0.39, 0.29) is 0 Å². The largest absolute Gasteiger partial charge is 0.349 e. The maximum absolute atomic E-state index is 2.52. The zero-order valence-electron chi connectivity index (χ0n) is 12.1. The lowest BCUT2D eigenvalue weighted by atomic mass is 10.2. The zero-order valence-corrected chi connectivity index (χ0v) is 12.9. The molecule has 2 rings (SSSR count). The topological polar surface area (TPSA) is 4.93 Å². The van der Waals surface area contributed by atoms with E-state index in [1.807, 2.05) is 0 Å². The third-order valence-electron chi connectivity index (χ3n) is 3.70. The van der Waals surface area contributed by atoms with E-state index in [1.165, 1.54) is 35.3 Å². The lowest BCUT2D eigenvalue weighted by molar-refractivity contribution is 0.954. The van der Waals surface area contributed by atoms with Crippen LogP contribution in [-0.4, -0.2) is 22.3 Å². The molecule has 0 aliphatic heterocycles. The summed E-state index contributed by atoms with van der Waals surface area (Å²) in [5.41, 5.74) is 1.37. The molecule has 18 heavy (non-hydrogen) atoms. The molecule has 0 N–H and O–H groups in total. The van der Waals surface area contributed by atoms with Gasteiger partial charge in [-0.3, -0.25) is 0 Å². The van der Waals surface area contributed by atoms with Crippen molar-refractivity contribution >= 4 is 20.9 Å². The highest BCUT2D eigenvalue weighted by Gasteiger charge is 2.23. The number of fused-ring (bicyclic) bond motifs is 1. The van der Waals surface area contributed by atoms with Gasteiger partial charge in [0.05, 0.1) is 0 Å². The monoisotopic (exact) mass is 263 g/mol. The second kappa shape index (κ2) is 5.40. The number of para-hydroxylation sites is 1. The molecule has 0 saturated heterocycles. The zero-order chi connectivity index (χ0) is 13.2. The van der Waals surface area contributed by atoms with Gasteiger partial charge >= 0.3 is 0 Å². The summed E-state index contributed by atoms with van der Waals surface area (Å²) in [6.45, 7) is 4.62. The van der Waals surface area contributed by atoms with Gasteiger partial charge in [-0.25, -0.2) is 10.0 Å². The third kappa shape index (κ3) is 2.31. The summed E-state index contributed by atoms with van der Waals surface area (Å²) in [4.78, 5) is 1.62. The fraction of sp³-hybridized carbons (Fsp3) is 0.500. The fourth-order valence-electron chi connectivity index (χ4n) is 2.92. The van der Waals surface area contributed by atoms with E-state index in [0.29, 0.717) is 0 Å². The Morgan fingerprint density at radius 2 is 1.67 bits per heavy atom. The number of benzene rings is 1. The van der Waals surface area contributed by atoms with Crippen LogP contribution in [0.5, 0.6) is 0 Å². The summed E-state index contributed by atoms with van der Waals surface area (Å²) in [6, 6.07) is 8.83. The van der Waals surface area contributed by atoms with Crippen molar-refractivity contribution in [3.8, 4) is 0 Å². The molecule has 0 bridgehead atoms. The molecule has 0 spiro atoms. The highest BCUT2D eigenvalue weighted by atomic mass is 32.3. The molecule has 1 heterocycles. The van der Waals surface area contributed by atoms with Gasteiger partial charge in [-0.1, -0.05) is 32.0 Å². The minimum Gasteiger partial charge on any atom is -0.349 e. The van der Waals surface area contributed by atoms with Crippen molar-refractivity contribution in [2.45, 2.75) is 31.6 Å². The quantitative estimate of drug-likeness (QED) is 0.731. The molecule has 0 saturated carbocycles. The summed E-state index contributed by atoms with van der Waals surface area (Å²) < 4.78 is 2.29. The highest BCUT2D eigenvalue weighted by Crippen LogP contribution is 2.56. The number of hydrogen-bond donors (Lipinski definition) is 0. The van der Waals surface area contributed by atoms with Crippen LogP contribution in [0.3, 0.4) is 0 Å². The molecule has 2 aromatic rings. The van der Waals surface area contributed by atoms with Crippen molar-refractivity contribution in [1.29, 1.82) is 0 Å². The van der Waals surface area contributed by atoms with Gasteiger partial charge in [0.25, 0.3) is 0 Å². The number of rotatable bonds is 5. The van der Waals surface area contributed by atoms with Crippen molar-refractivity contribution in [2.24, 2.45) is 7.05 Å². The summed E-state index contributed by atoms with van der Waals surface area (Å²) in [6.07, 6.45) is 7.47. The average molecular weight is 263 g/mol. The van der Waals surface area contributed by atoms with Crippen LogP contribution in [0.4, 0.5) is 0 Å². The average Bonchev–Trinajstić information content (AvgIpc) is 2.69. The number of aromatic nitrogens is 1. The Hall–Kier alpha value is -0.890. The highest BCUT2D eigenvalue weighted by molar-refractivity contribution is 8.33. The molecule has 1 aromatic heterocycles. The molecule has 0 radical (unpaired) electrons. The minimum absolute atomic E-state index is 0.644. The van der Waals surface area contributed by atoms with Crippen molar-refractivity contribution < 1.29 is 0 Å². The lowest BCUT2D eigenvalue weighted by Crippen LogP contribution is -2.07. The summed E-state index contributed by atoms with van der Waals surface area (Å²) in [5, 5.41) is 1.47. The molecule has 1 aromatic carbocycles. The molecule has 100 valence electrons. The molecule has 0 atom stereocenters. The van der Waals surface area contributed by atoms with Crippen molar-refractivity contribution in [1.82, 2.24) is 4.57 Å². The predicted octanol–water partition coefficient (Wildman–Crippen LogP) is 4.79. The Morgan fingerprint density at radius 3 is 2.28 bits per heavy atom. The van der Waals surface area contributed by atoms with E-state index in [1.54, 1.807) is 4.90 Å². The third-order valence-corrected chi connectivity index (χ3v) is 7.71. The van der Waals surface area contributed by atoms with Crippen LogP contribution in [0.2, 0.25) is 0 Å². The Balaban J connectivity index is 2.57. The molecule has 1 nitrogen and oxygen atoms in total. The number of nitrogens with zero attached hydrogens (tertiary/aromatic N) is 1. The Morgan fingerprint density at radius 1 is 1.06 bits per heavy atom. The molecule has 0 amide bonds. The van der Waals surface area contributed by atoms with E-state index < -0.39 is 10.0 Å². The normalized spacial score (nSPS) is 13.1. The molecular formula is C16H25NS. The van der Waals surface area contributed by atoms with Gasteiger partial charge in [0.1, 0.15) is 0 Å². The van der Waals surface area contributed by atoms with Gasteiger partial charge in [-0.2, -0.15) is 0 Å². The first kappa shape index (κ1) is 13.5. The maximum atomic E-state index is 2.52. The van der Waals surface area contributed by atoms with Gasteiger partial charge in [0.2, 0.25) is 0 Å². The standard InChI is InChI=1S/C16H25NS/c1-5-11-18(4,12-6-2)16-13-17(3)15-10-8-7-9-14(15)16/h7-10,13H,5-6,11-12H2,1-4H3. The molecule has 0 fully saturated rings. The first-order chi connectivity index (χ1) is 8.62. The van der Waals surface area contributed by atoms with Crippen molar-refractivity contribution in [2.75, 3.05) is 17.8 Å². The van der Waals surface area contributed by atoms with E-state index in [9.17, 15) is 0 Å². The fourth-order valence-corrected chi connectivity index (χ4v) is 6.48. The first-order valence-electron chi connectivity index (χ1n) is 6.90. The SMILES string of the molecule is CCCS(C)(CCC)c1cn(C)c2ccccc12. The van der Waals surface area contributed by atoms with Crippen LogP contribution in [0.25, 0.3) is 10.9 Å². The van der Waals surface area contributed by atoms with Crippen molar-refractivity contribution in [3.63, 3.8) is 0 Å². The second-order valence-corrected chi connectivity index (χ2v) is 9.11. The Labute approximate surface area is 113 Å².